The molecule has 0 aliphatic rings. The second kappa shape index (κ2) is 7.19. The van der Waals surface area contributed by atoms with Crippen LogP contribution in [-0.2, 0) is 16.1 Å². The van der Waals surface area contributed by atoms with Gasteiger partial charge in [0.15, 0.2) is 0 Å². The minimum Gasteiger partial charge on any atom is -0.469 e. The first-order valence-electron chi connectivity index (χ1n) is 5.75. The van der Waals surface area contributed by atoms with Crippen molar-refractivity contribution in [1.29, 1.82) is 0 Å². The molecule has 19 heavy (non-hydrogen) atoms. The van der Waals surface area contributed by atoms with Crippen LogP contribution in [-0.4, -0.2) is 13.1 Å². The Labute approximate surface area is 128 Å². The molecule has 2 heterocycles. The van der Waals surface area contributed by atoms with E-state index in [-0.39, 0.29) is 12.0 Å². The van der Waals surface area contributed by atoms with Gasteiger partial charge < -0.3 is 10.1 Å². The van der Waals surface area contributed by atoms with Crippen LogP contribution >= 0.6 is 38.6 Å². The summed E-state index contributed by atoms with van der Waals surface area (Å²) in [5.41, 5.74) is 1.21. The zero-order valence-electron chi connectivity index (χ0n) is 10.4. The molecule has 6 heteroatoms. The van der Waals surface area contributed by atoms with Gasteiger partial charge in [0.25, 0.3) is 0 Å². The standard InChI is InChI=1S/C13H14BrNO2S2/c1-17-13(16)6-10(11-3-2-4-18-11)15-7-9-5-12(14)19-8-9/h2-5,8,10,15H,6-7H2,1H3. The Bertz CT molecular complexity index is 524. The lowest BCUT2D eigenvalue weighted by atomic mass is 10.1. The molecule has 0 aromatic carbocycles. The molecule has 2 aromatic heterocycles. The average Bonchev–Trinajstić information content (AvgIpc) is 3.05. The second-order valence-corrected chi connectivity index (χ2v) is 7.26. The van der Waals surface area contributed by atoms with Crippen LogP contribution in [0.3, 0.4) is 0 Å². The number of thiophene rings is 2. The second-order valence-electron chi connectivity index (χ2n) is 3.99. The molecule has 0 spiro atoms. The van der Waals surface area contributed by atoms with Crippen LogP contribution in [0.25, 0.3) is 0 Å². The number of esters is 1. The van der Waals surface area contributed by atoms with Gasteiger partial charge in [0.1, 0.15) is 0 Å². The van der Waals surface area contributed by atoms with E-state index in [1.54, 1.807) is 22.7 Å². The summed E-state index contributed by atoms with van der Waals surface area (Å²) in [5.74, 6) is -0.197. The fourth-order valence-electron chi connectivity index (χ4n) is 1.69. The number of hydrogen-bond donors (Lipinski definition) is 1. The van der Waals surface area contributed by atoms with E-state index in [1.807, 2.05) is 17.5 Å². The number of nitrogens with one attached hydrogen (secondary N) is 1. The topological polar surface area (TPSA) is 38.3 Å². The summed E-state index contributed by atoms with van der Waals surface area (Å²) in [7, 11) is 1.42. The van der Waals surface area contributed by atoms with Gasteiger partial charge in [-0.05, 0) is 44.4 Å². The maximum atomic E-state index is 11.5. The Hall–Kier alpha value is -0.690. The number of rotatable bonds is 6. The molecule has 0 saturated carbocycles. The summed E-state index contributed by atoms with van der Waals surface area (Å²) in [6, 6.07) is 6.12. The molecule has 0 fully saturated rings. The van der Waals surface area contributed by atoms with Crippen LogP contribution < -0.4 is 5.32 Å². The number of carbonyl (C=O) groups is 1. The SMILES string of the molecule is COC(=O)CC(NCc1csc(Br)c1)c1cccs1. The van der Waals surface area contributed by atoms with Gasteiger partial charge in [0.2, 0.25) is 0 Å². The fraction of sp³-hybridized carbons (Fsp3) is 0.308. The van der Waals surface area contributed by atoms with Crippen LogP contribution in [0, 0.1) is 0 Å². The number of halogens is 1. The van der Waals surface area contributed by atoms with Crippen molar-refractivity contribution in [3.63, 3.8) is 0 Å². The Balaban J connectivity index is 1.99. The minimum absolute atomic E-state index is 0.00567. The van der Waals surface area contributed by atoms with Crippen molar-refractivity contribution in [2.75, 3.05) is 7.11 Å². The smallest absolute Gasteiger partial charge is 0.307 e. The molecule has 102 valence electrons. The van der Waals surface area contributed by atoms with E-state index in [4.69, 9.17) is 4.74 Å². The number of ether oxygens (including phenoxy) is 1. The largest absolute Gasteiger partial charge is 0.469 e. The Kier molecular flexibility index (Phi) is 5.57. The van der Waals surface area contributed by atoms with Crippen molar-refractivity contribution in [1.82, 2.24) is 5.32 Å². The lowest BCUT2D eigenvalue weighted by molar-refractivity contribution is -0.141. The first kappa shape index (κ1) is 14.7. The van der Waals surface area contributed by atoms with Crippen LogP contribution in [0.15, 0.2) is 32.7 Å². The average molecular weight is 360 g/mol. The van der Waals surface area contributed by atoms with Crippen molar-refractivity contribution in [2.24, 2.45) is 0 Å². The zero-order valence-corrected chi connectivity index (χ0v) is 13.6. The van der Waals surface area contributed by atoms with Crippen molar-refractivity contribution < 1.29 is 9.53 Å². The number of hydrogen-bond acceptors (Lipinski definition) is 5. The summed E-state index contributed by atoms with van der Waals surface area (Å²) in [6.07, 6.45) is 0.350. The highest BCUT2D eigenvalue weighted by Gasteiger charge is 2.17. The molecular weight excluding hydrogens is 346 g/mol. The molecule has 3 nitrogen and oxygen atoms in total. The maximum absolute atomic E-state index is 11.5. The third-order valence-corrected chi connectivity index (χ3v) is 5.20. The Morgan fingerprint density at radius 3 is 2.95 bits per heavy atom. The highest BCUT2D eigenvalue weighted by atomic mass is 79.9. The van der Waals surface area contributed by atoms with E-state index in [9.17, 15) is 4.79 Å². The van der Waals surface area contributed by atoms with Gasteiger partial charge >= 0.3 is 5.97 Å². The monoisotopic (exact) mass is 359 g/mol. The Morgan fingerprint density at radius 2 is 2.37 bits per heavy atom. The van der Waals surface area contributed by atoms with Crippen LogP contribution in [0.1, 0.15) is 22.9 Å². The molecule has 1 N–H and O–H groups in total. The molecule has 2 aromatic rings. The fourth-order valence-corrected chi connectivity index (χ4v) is 3.70. The van der Waals surface area contributed by atoms with Gasteiger partial charge in [0.05, 0.1) is 23.4 Å². The first-order valence-corrected chi connectivity index (χ1v) is 8.31. The lowest BCUT2D eigenvalue weighted by Crippen LogP contribution is -2.23. The quantitative estimate of drug-likeness (QED) is 0.793. The summed E-state index contributed by atoms with van der Waals surface area (Å²) < 4.78 is 5.87. The van der Waals surface area contributed by atoms with Gasteiger partial charge in [-0.1, -0.05) is 6.07 Å². The predicted octanol–water partition coefficient (Wildman–Crippen LogP) is 3.97. The van der Waals surface area contributed by atoms with E-state index in [2.05, 4.69) is 32.7 Å². The van der Waals surface area contributed by atoms with Gasteiger partial charge in [-0.2, -0.15) is 0 Å². The molecule has 0 radical (unpaired) electrons. The lowest BCUT2D eigenvalue weighted by Gasteiger charge is -2.15. The third-order valence-electron chi connectivity index (χ3n) is 2.66. The number of carbonyl (C=O) groups excluding carboxylic acids is 1. The van der Waals surface area contributed by atoms with Gasteiger partial charge in [0, 0.05) is 11.4 Å². The summed E-state index contributed by atoms with van der Waals surface area (Å²) >= 11 is 6.75. The summed E-state index contributed by atoms with van der Waals surface area (Å²) in [5, 5.41) is 7.53. The maximum Gasteiger partial charge on any atom is 0.307 e. The first-order chi connectivity index (χ1) is 9.19. The van der Waals surface area contributed by atoms with Crippen molar-refractivity contribution >= 4 is 44.6 Å². The van der Waals surface area contributed by atoms with Gasteiger partial charge in [-0.3, -0.25) is 4.79 Å². The number of methoxy groups -OCH3 is 1. The van der Waals surface area contributed by atoms with Crippen molar-refractivity contribution in [3.8, 4) is 0 Å². The minimum atomic E-state index is -0.197. The van der Waals surface area contributed by atoms with Gasteiger partial charge in [-0.25, -0.2) is 0 Å². The molecular formula is C13H14BrNO2S2. The van der Waals surface area contributed by atoms with Crippen molar-refractivity contribution in [2.45, 2.75) is 19.0 Å². The zero-order chi connectivity index (χ0) is 13.7. The van der Waals surface area contributed by atoms with Crippen LogP contribution in [0.5, 0.6) is 0 Å². The van der Waals surface area contributed by atoms with Crippen LogP contribution in [0.2, 0.25) is 0 Å². The highest BCUT2D eigenvalue weighted by molar-refractivity contribution is 9.11. The van der Waals surface area contributed by atoms with E-state index >= 15 is 0 Å². The summed E-state index contributed by atoms with van der Waals surface area (Å²) in [6.45, 7) is 0.738. The molecule has 0 amide bonds. The van der Waals surface area contributed by atoms with E-state index in [0.29, 0.717) is 6.42 Å². The van der Waals surface area contributed by atoms with E-state index < -0.39 is 0 Å². The Morgan fingerprint density at radius 1 is 1.53 bits per heavy atom. The molecule has 1 unspecified atom stereocenters. The normalized spacial score (nSPS) is 12.3. The van der Waals surface area contributed by atoms with Gasteiger partial charge in [-0.15, -0.1) is 22.7 Å². The highest BCUT2D eigenvalue weighted by Crippen LogP contribution is 2.25. The molecule has 0 saturated heterocycles. The molecule has 0 bridgehead atoms. The third kappa shape index (κ3) is 4.42. The van der Waals surface area contributed by atoms with Crippen LogP contribution in [0.4, 0.5) is 0 Å². The predicted molar refractivity (Wildman–Crippen MR) is 82.6 cm³/mol. The van der Waals surface area contributed by atoms with Crippen molar-refractivity contribution in [3.05, 3.63) is 43.2 Å². The molecule has 2 rings (SSSR count). The summed E-state index contributed by atoms with van der Waals surface area (Å²) in [4.78, 5) is 12.6. The van der Waals surface area contributed by atoms with E-state index in [1.165, 1.54) is 12.7 Å². The molecule has 1 atom stereocenters. The van der Waals surface area contributed by atoms with E-state index in [0.717, 1.165) is 15.2 Å². The molecule has 0 aliphatic carbocycles. The molecule has 0 aliphatic heterocycles.